The third-order valence-corrected chi connectivity index (χ3v) is 4.78. The summed E-state index contributed by atoms with van der Waals surface area (Å²) >= 11 is 9.10. The van der Waals surface area contributed by atoms with Crippen LogP contribution in [0.1, 0.15) is 15.8 Å². The first-order valence-electron chi connectivity index (χ1n) is 5.51. The molecule has 98 valence electrons. The summed E-state index contributed by atoms with van der Waals surface area (Å²) in [5.74, 6) is 0. The summed E-state index contributed by atoms with van der Waals surface area (Å²) in [5, 5.41) is 23.6. The van der Waals surface area contributed by atoms with E-state index in [0.717, 1.165) is 14.1 Å². The third-order valence-electron chi connectivity index (χ3n) is 2.55. The van der Waals surface area contributed by atoms with Crippen LogP contribution >= 0.6 is 34.3 Å². The van der Waals surface area contributed by atoms with E-state index in [2.05, 4.69) is 5.32 Å². The zero-order valence-electron chi connectivity index (χ0n) is 9.54. The molecule has 0 saturated carbocycles. The van der Waals surface area contributed by atoms with Gasteiger partial charge in [0.1, 0.15) is 0 Å². The summed E-state index contributed by atoms with van der Waals surface area (Å²) in [6, 6.07) is 7.47. The summed E-state index contributed by atoms with van der Waals surface area (Å²) in [7, 11) is 0. The van der Waals surface area contributed by atoms with Gasteiger partial charge >= 0.3 is 0 Å². The SMILES string of the molecule is OCC(CO)NC(c1cccs1)c1ccc(Cl)s1. The molecule has 0 bridgehead atoms. The van der Waals surface area contributed by atoms with Crippen LogP contribution in [0.2, 0.25) is 4.34 Å². The van der Waals surface area contributed by atoms with Crippen molar-refractivity contribution >= 4 is 34.3 Å². The lowest BCUT2D eigenvalue weighted by molar-refractivity contribution is 0.166. The first-order valence-corrected chi connectivity index (χ1v) is 7.58. The minimum atomic E-state index is -0.335. The normalized spacial score (nSPS) is 13.1. The topological polar surface area (TPSA) is 52.5 Å². The second-order valence-corrected chi connectivity index (χ2v) is 6.54. The van der Waals surface area contributed by atoms with Crippen LogP contribution < -0.4 is 5.32 Å². The predicted molar refractivity (Wildman–Crippen MR) is 76.6 cm³/mol. The summed E-state index contributed by atoms with van der Waals surface area (Å²) < 4.78 is 0.734. The van der Waals surface area contributed by atoms with Crippen LogP contribution in [-0.4, -0.2) is 29.5 Å². The Hall–Kier alpha value is -0.430. The quantitative estimate of drug-likeness (QED) is 0.768. The van der Waals surface area contributed by atoms with Gasteiger partial charge in [0.2, 0.25) is 0 Å². The number of aliphatic hydroxyl groups is 2. The monoisotopic (exact) mass is 303 g/mol. The average molecular weight is 304 g/mol. The van der Waals surface area contributed by atoms with Crippen LogP contribution in [0.5, 0.6) is 0 Å². The summed E-state index contributed by atoms with van der Waals surface area (Å²) in [6.45, 7) is -0.199. The molecule has 3 N–H and O–H groups in total. The smallest absolute Gasteiger partial charge is 0.0931 e. The number of hydrogen-bond donors (Lipinski definition) is 3. The Morgan fingerprint density at radius 1 is 1.17 bits per heavy atom. The van der Waals surface area contributed by atoms with Crippen LogP contribution in [0, 0.1) is 0 Å². The molecule has 0 spiro atoms. The van der Waals surface area contributed by atoms with Crippen LogP contribution in [0.25, 0.3) is 0 Å². The Labute approximate surface area is 119 Å². The Bertz CT molecular complexity index is 468. The fraction of sp³-hybridized carbons (Fsp3) is 0.333. The Kier molecular flexibility index (Phi) is 5.17. The van der Waals surface area contributed by atoms with E-state index in [1.165, 1.54) is 11.3 Å². The molecule has 0 radical (unpaired) electrons. The Morgan fingerprint density at radius 2 is 1.94 bits per heavy atom. The zero-order chi connectivity index (χ0) is 13.0. The number of nitrogens with one attached hydrogen (secondary N) is 1. The van der Waals surface area contributed by atoms with Crippen LogP contribution in [0.4, 0.5) is 0 Å². The summed E-state index contributed by atoms with van der Waals surface area (Å²) in [4.78, 5) is 2.22. The molecule has 6 heteroatoms. The largest absolute Gasteiger partial charge is 0.395 e. The van der Waals surface area contributed by atoms with Gasteiger partial charge in [-0.3, -0.25) is 5.32 Å². The van der Waals surface area contributed by atoms with E-state index in [-0.39, 0.29) is 25.3 Å². The van der Waals surface area contributed by atoms with E-state index in [4.69, 9.17) is 11.6 Å². The van der Waals surface area contributed by atoms with E-state index in [1.807, 2.05) is 29.6 Å². The van der Waals surface area contributed by atoms with Crippen LogP contribution in [-0.2, 0) is 0 Å². The first-order chi connectivity index (χ1) is 8.74. The van der Waals surface area contributed by atoms with Gasteiger partial charge in [-0.05, 0) is 23.6 Å². The highest BCUT2D eigenvalue weighted by molar-refractivity contribution is 7.16. The van der Waals surface area contributed by atoms with Gasteiger partial charge in [0.15, 0.2) is 0 Å². The van der Waals surface area contributed by atoms with E-state index in [1.54, 1.807) is 11.3 Å². The fourth-order valence-corrected chi connectivity index (χ4v) is 3.66. The summed E-state index contributed by atoms with van der Waals surface area (Å²) in [5.41, 5.74) is 0. The number of aliphatic hydroxyl groups excluding tert-OH is 2. The van der Waals surface area contributed by atoms with E-state index >= 15 is 0 Å². The molecule has 2 aromatic rings. The van der Waals surface area contributed by atoms with Crippen molar-refractivity contribution in [3.8, 4) is 0 Å². The van der Waals surface area contributed by atoms with E-state index in [0.29, 0.717) is 0 Å². The minimum Gasteiger partial charge on any atom is -0.395 e. The first kappa shape index (κ1) is 14.0. The highest BCUT2D eigenvalue weighted by atomic mass is 35.5. The van der Waals surface area contributed by atoms with Gasteiger partial charge in [-0.1, -0.05) is 17.7 Å². The highest BCUT2D eigenvalue weighted by Crippen LogP contribution is 2.33. The van der Waals surface area contributed by atoms with Crippen molar-refractivity contribution < 1.29 is 10.2 Å². The lowest BCUT2D eigenvalue weighted by Gasteiger charge is -2.21. The number of halogens is 1. The second kappa shape index (κ2) is 6.65. The molecule has 0 saturated heterocycles. The van der Waals surface area contributed by atoms with E-state index in [9.17, 15) is 10.2 Å². The van der Waals surface area contributed by atoms with Crippen molar-refractivity contribution in [2.24, 2.45) is 0 Å². The molecular formula is C12H14ClNO2S2. The van der Waals surface area contributed by atoms with Crippen molar-refractivity contribution in [2.75, 3.05) is 13.2 Å². The molecule has 0 aliphatic rings. The van der Waals surface area contributed by atoms with Gasteiger partial charge in [0.05, 0.1) is 29.6 Å². The molecule has 1 atom stereocenters. The highest BCUT2D eigenvalue weighted by Gasteiger charge is 2.20. The molecule has 0 fully saturated rings. The van der Waals surface area contributed by atoms with Crippen molar-refractivity contribution in [3.63, 3.8) is 0 Å². The zero-order valence-corrected chi connectivity index (χ0v) is 11.9. The molecule has 18 heavy (non-hydrogen) atoms. The standard InChI is InChI=1S/C12H14ClNO2S2/c13-11-4-3-10(18-11)12(9-2-1-5-17-9)14-8(6-15)7-16/h1-5,8,12,14-16H,6-7H2. The van der Waals surface area contributed by atoms with Gasteiger partial charge in [-0.2, -0.15) is 0 Å². The average Bonchev–Trinajstić information content (AvgIpc) is 3.02. The van der Waals surface area contributed by atoms with Crippen LogP contribution in [0.3, 0.4) is 0 Å². The third kappa shape index (κ3) is 3.32. The summed E-state index contributed by atoms with van der Waals surface area (Å²) in [6.07, 6.45) is 0. The predicted octanol–water partition coefficient (Wildman–Crippen LogP) is 2.50. The Balaban J connectivity index is 2.23. The maximum absolute atomic E-state index is 9.18. The lowest BCUT2D eigenvalue weighted by atomic mass is 10.1. The number of hydrogen-bond acceptors (Lipinski definition) is 5. The van der Waals surface area contributed by atoms with Crippen LogP contribution in [0.15, 0.2) is 29.6 Å². The minimum absolute atomic E-state index is 0.0354. The van der Waals surface area contributed by atoms with Crippen molar-refractivity contribution in [1.82, 2.24) is 5.32 Å². The molecule has 0 aliphatic carbocycles. The Morgan fingerprint density at radius 3 is 2.44 bits per heavy atom. The molecule has 0 amide bonds. The molecule has 2 rings (SSSR count). The number of thiophene rings is 2. The maximum Gasteiger partial charge on any atom is 0.0931 e. The van der Waals surface area contributed by atoms with Crippen molar-refractivity contribution in [1.29, 1.82) is 0 Å². The van der Waals surface area contributed by atoms with Gasteiger partial charge in [0, 0.05) is 9.75 Å². The molecule has 2 heterocycles. The fourth-order valence-electron chi connectivity index (χ4n) is 1.64. The van der Waals surface area contributed by atoms with Gasteiger partial charge in [-0.15, -0.1) is 22.7 Å². The molecule has 0 aliphatic heterocycles. The van der Waals surface area contributed by atoms with Gasteiger partial charge in [0.25, 0.3) is 0 Å². The molecule has 1 unspecified atom stereocenters. The van der Waals surface area contributed by atoms with Gasteiger partial charge in [-0.25, -0.2) is 0 Å². The molecule has 0 aromatic carbocycles. The maximum atomic E-state index is 9.18. The van der Waals surface area contributed by atoms with Crippen molar-refractivity contribution in [2.45, 2.75) is 12.1 Å². The van der Waals surface area contributed by atoms with Crippen molar-refractivity contribution in [3.05, 3.63) is 43.7 Å². The number of rotatable bonds is 6. The lowest BCUT2D eigenvalue weighted by Crippen LogP contribution is -2.38. The second-order valence-electron chi connectivity index (χ2n) is 3.82. The van der Waals surface area contributed by atoms with Gasteiger partial charge < -0.3 is 10.2 Å². The molecule has 2 aromatic heterocycles. The molecular weight excluding hydrogens is 290 g/mol. The molecule has 3 nitrogen and oxygen atoms in total. The van der Waals surface area contributed by atoms with E-state index < -0.39 is 0 Å².